The number of aryl methyl sites for hydroxylation is 2. The predicted octanol–water partition coefficient (Wildman–Crippen LogP) is 6.50. The fourth-order valence-corrected chi connectivity index (χ4v) is 4.30. The van der Waals surface area contributed by atoms with Crippen LogP contribution in [-0.4, -0.2) is 0 Å². The van der Waals surface area contributed by atoms with E-state index >= 15 is 0 Å². The first-order chi connectivity index (χ1) is 13.8. The SMILES string of the molecule is Cc1cc(C(C)C)c2c(oc3c(C(C)C)cc(C#N)cc32)c1-c1cccc[n+]1C. The summed E-state index contributed by atoms with van der Waals surface area (Å²) in [4.78, 5) is 0. The summed E-state index contributed by atoms with van der Waals surface area (Å²) >= 11 is 0. The minimum Gasteiger partial charge on any atom is -0.455 e. The zero-order chi connectivity index (χ0) is 20.9. The Balaban J connectivity index is 2.26. The topological polar surface area (TPSA) is 40.8 Å². The third kappa shape index (κ3) is 3.00. The lowest BCUT2D eigenvalue weighted by Gasteiger charge is -2.12. The maximum atomic E-state index is 9.62. The zero-order valence-electron chi connectivity index (χ0n) is 18.0. The summed E-state index contributed by atoms with van der Waals surface area (Å²) in [5, 5.41) is 11.8. The molecule has 3 nitrogen and oxygen atoms in total. The summed E-state index contributed by atoms with van der Waals surface area (Å²) in [6, 6.07) is 14.8. The van der Waals surface area contributed by atoms with Gasteiger partial charge in [0, 0.05) is 22.9 Å². The van der Waals surface area contributed by atoms with Crippen LogP contribution in [-0.2, 0) is 7.05 Å². The Morgan fingerprint density at radius 2 is 1.69 bits per heavy atom. The van der Waals surface area contributed by atoms with Gasteiger partial charge in [0.25, 0.3) is 0 Å². The van der Waals surface area contributed by atoms with E-state index in [1.807, 2.05) is 18.2 Å². The van der Waals surface area contributed by atoms with Crippen molar-refractivity contribution in [2.75, 3.05) is 0 Å². The Morgan fingerprint density at radius 3 is 2.31 bits per heavy atom. The summed E-state index contributed by atoms with van der Waals surface area (Å²) in [5.41, 5.74) is 8.31. The minimum atomic E-state index is 0.270. The molecule has 2 heterocycles. The van der Waals surface area contributed by atoms with E-state index in [1.54, 1.807) is 0 Å². The highest BCUT2D eigenvalue weighted by Gasteiger charge is 2.25. The number of rotatable bonds is 3. The van der Waals surface area contributed by atoms with Crippen molar-refractivity contribution in [1.29, 1.82) is 5.26 Å². The predicted molar refractivity (Wildman–Crippen MR) is 118 cm³/mol. The van der Waals surface area contributed by atoms with E-state index in [0.29, 0.717) is 11.5 Å². The van der Waals surface area contributed by atoms with Gasteiger partial charge in [-0.25, -0.2) is 4.57 Å². The molecule has 3 heteroatoms. The summed E-state index contributed by atoms with van der Waals surface area (Å²) < 4.78 is 8.77. The van der Waals surface area contributed by atoms with Crippen molar-refractivity contribution < 1.29 is 8.98 Å². The molecule has 0 atom stereocenters. The number of benzene rings is 2. The van der Waals surface area contributed by atoms with Crippen molar-refractivity contribution in [2.45, 2.75) is 46.5 Å². The van der Waals surface area contributed by atoms with Gasteiger partial charge in [0.1, 0.15) is 18.2 Å². The standard InChI is InChI=1S/C26H27N2O/c1-15(2)19-11-17(5)23(22-9-7-8-10-28(22)6)26-24(19)21-13-18(14-27)12-20(16(3)4)25(21)29-26/h7-13,15-16H,1-6H3/q+1. The molecule has 0 spiro atoms. The number of pyridine rings is 1. The van der Waals surface area contributed by atoms with Crippen LogP contribution in [0.3, 0.4) is 0 Å². The average Bonchev–Trinajstić information content (AvgIpc) is 3.06. The van der Waals surface area contributed by atoms with Crippen LogP contribution in [0.1, 0.15) is 61.8 Å². The van der Waals surface area contributed by atoms with E-state index < -0.39 is 0 Å². The highest BCUT2D eigenvalue weighted by atomic mass is 16.3. The molecule has 0 fully saturated rings. The molecule has 0 saturated heterocycles. The van der Waals surface area contributed by atoms with Gasteiger partial charge in [0.2, 0.25) is 5.69 Å². The average molecular weight is 384 g/mol. The monoisotopic (exact) mass is 383 g/mol. The number of furan rings is 1. The lowest BCUT2D eigenvalue weighted by atomic mass is 9.90. The van der Waals surface area contributed by atoms with Crippen LogP contribution in [0.5, 0.6) is 0 Å². The van der Waals surface area contributed by atoms with Crippen LogP contribution >= 0.6 is 0 Å². The van der Waals surface area contributed by atoms with E-state index in [9.17, 15) is 5.26 Å². The van der Waals surface area contributed by atoms with Gasteiger partial charge in [-0.05, 0) is 53.6 Å². The van der Waals surface area contributed by atoms with Crippen LogP contribution in [0.15, 0.2) is 47.0 Å². The second kappa shape index (κ2) is 7.04. The fourth-order valence-electron chi connectivity index (χ4n) is 4.30. The molecule has 2 aromatic heterocycles. The van der Waals surface area contributed by atoms with Crippen molar-refractivity contribution in [2.24, 2.45) is 7.05 Å². The van der Waals surface area contributed by atoms with E-state index in [1.165, 1.54) is 11.1 Å². The molecule has 4 rings (SSSR count). The second-order valence-electron chi connectivity index (χ2n) is 8.52. The van der Waals surface area contributed by atoms with Crippen molar-refractivity contribution >= 4 is 21.9 Å². The number of hydrogen-bond donors (Lipinski definition) is 0. The summed E-state index contributed by atoms with van der Waals surface area (Å²) in [6.07, 6.45) is 2.06. The fraction of sp³-hybridized carbons (Fsp3) is 0.308. The summed E-state index contributed by atoms with van der Waals surface area (Å²) in [5.74, 6) is 0.620. The summed E-state index contributed by atoms with van der Waals surface area (Å²) in [7, 11) is 2.06. The molecule has 146 valence electrons. The molecule has 0 aliphatic heterocycles. The molecular weight excluding hydrogens is 356 g/mol. The maximum Gasteiger partial charge on any atom is 0.216 e. The second-order valence-corrected chi connectivity index (χ2v) is 8.52. The Bertz CT molecular complexity index is 1290. The molecule has 29 heavy (non-hydrogen) atoms. The number of nitrogens with zero attached hydrogens (tertiary/aromatic N) is 2. The Morgan fingerprint density at radius 1 is 0.966 bits per heavy atom. The van der Waals surface area contributed by atoms with Gasteiger partial charge in [-0.1, -0.05) is 33.8 Å². The lowest BCUT2D eigenvalue weighted by molar-refractivity contribution is -0.660. The van der Waals surface area contributed by atoms with Crippen molar-refractivity contribution in [3.8, 4) is 17.3 Å². The van der Waals surface area contributed by atoms with Gasteiger partial charge in [0.15, 0.2) is 6.20 Å². The van der Waals surface area contributed by atoms with E-state index in [4.69, 9.17) is 4.42 Å². The van der Waals surface area contributed by atoms with Crippen molar-refractivity contribution in [3.05, 3.63) is 64.8 Å². The molecule has 0 unspecified atom stereocenters. The Kier molecular flexibility index (Phi) is 4.67. The van der Waals surface area contributed by atoms with Crippen LogP contribution < -0.4 is 4.57 Å². The van der Waals surface area contributed by atoms with Crippen molar-refractivity contribution in [3.63, 3.8) is 0 Å². The van der Waals surface area contributed by atoms with E-state index in [2.05, 4.69) is 76.7 Å². The van der Waals surface area contributed by atoms with Crippen LogP contribution in [0.2, 0.25) is 0 Å². The normalized spacial score (nSPS) is 11.7. The molecular formula is C26H27N2O+. The number of nitriles is 1. The minimum absolute atomic E-state index is 0.270. The highest BCUT2D eigenvalue weighted by molar-refractivity contribution is 6.12. The van der Waals surface area contributed by atoms with E-state index in [0.717, 1.165) is 38.8 Å². The molecule has 0 saturated carbocycles. The van der Waals surface area contributed by atoms with Gasteiger partial charge < -0.3 is 4.42 Å². The molecule has 0 radical (unpaired) electrons. The van der Waals surface area contributed by atoms with Crippen LogP contribution in [0.25, 0.3) is 33.2 Å². The maximum absolute atomic E-state index is 9.62. The van der Waals surface area contributed by atoms with Crippen LogP contribution in [0.4, 0.5) is 0 Å². The van der Waals surface area contributed by atoms with Gasteiger partial charge in [0.05, 0.1) is 17.2 Å². The quantitative estimate of drug-likeness (QED) is 0.379. The number of hydrogen-bond acceptors (Lipinski definition) is 2. The molecule has 0 bridgehead atoms. The molecule has 4 aromatic rings. The third-order valence-corrected chi connectivity index (χ3v) is 5.78. The number of fused-ring (bicyclic) bond motifs is 3. The first-order valence-electron chi connectivity index (χ1n) is 10.2. The van der Waals surface area contributed by atoms with Gasteiger partial charge in [-0.2, -0.15) is 5.26 Å². The van der Waals surface area contributed by atoms with E-state index in [-0.39, 0.29) is 5.92 Å². The van der Waals surface area contributed by atoms with Gasteiger partial charge >= 0.3 is 0 Å². The number of aromatic nitrogens is 1. The molecule has 2 aromatic carbocycles. The highest BCUT2D eigenvalue weighted by Crippen LogP contribution is 2.43. The van der Waals surface area contributed by atoms with Gasteiger partial charge in [-0.15, -0.1) is 0 Å². The third-order valence-electron chi connectivity index (χ3n) is 5.78. The molecule has 0 aliphatic carbocycles. The molecule has 0 aliphatic rings. The lowest BCUT2D eigenvalue weighted by Crippen LogP contribution is -2.30. The smallest absolute Gasteiger partial charge is 0.216 e. The first kappa shape index (κ1) is 19.2. The molecule has 0 amide bonds. The van der Waals surface area contributed by atoms with Gasteiger partial charge in [-0.3, -0.25) is 0 Å². The zero-order valence-corrected chi connectivity index (χ0v) is 18.0. The summed E-state index contributed by atoms with van der Waals surface area (Å²) in [6.45, 7) is 10.9. The largest absolute Gasteiger partial charge is 0.455 e. The Hall–Kier alpha value is -3.12. The van der Waals surface area contributed by atoms with Crippen molar-refractivity contribution in [1.82, 2.24) is 0 Å². The Labute approximate surface area is 172 Å². The first-order valence-corrected chi connectivity index (χ1v) is 10.2. The molecule has 0 N–H and O–H groups in total. The van der Waals surface area contributed by atoms with Crippen LogP contribution in [0, 0.1) is 18.3 Å².